The standard InChI is InChI=1S/C22H30N6O/c1-3-26-9-11-27(12-10-26)13-19-14-28-21(17(19)2)22(23-16-24-28)25-20(15-29)18-7-5-4-6-8-18/h4-8,14,16,20,29H,3,9-13,15H2,1-2H3,(H,23,24,25)/t20-/m1/s1. The number of piperazine rings is 1. The van der Waals surface area contributed by atoms with Crippen LogP contribution in [-0.4, -0.2) is 68.8 Å². The average molecular weight is 395 g/mol. The summed E-state index contributed by atoms with van der Waals surface area (Å²) in [5.74, 6) is 0.752. The largest absolute Gasteiger partial charge is 0.394 e. The Morgan fingerprint density at radius 2 is 1.83 bits per heavy atom. The van der Waals surface area contributed by atoms with E-state index in [1.165, 1.54) is 11.1 Å². The van der Waals surface area contributed by atoms with E-state index in [0.29, 0.717) is 0 Å². The molecule has 0 unspecified atom stereocenters. The van der Waals surface area contributed by atoms with Gasteiger partial charge in [0.25, 0.3) is 0 Å². The highest BCUT2D eigenvalue weighted by atomic mass is 16.3. The van der Waals surface area contributed by atoms with Gasteiger partial charge in [0.15, 0.2) is 5.82 Å². The average Bonchev–Trinajstić information content (AvgIpc) is 3.09. The Morgan fingerprint density at radius 3 is 2.52 bits per heavy atom. The smallest absolute Gasteiger partial charge is 0.154 e. The third kappa shape index (κ3) is 4.27. The van der Waals surface area contributed by atoms with Crippen molar-refractivity contribution in [3.8, 4) is 0 Å². The summed E-state index contributed by atoms with van der Waals surface area (Å²) < 4.78 is 1.90. The molecule has 154 valence electrons. The van der Waals surface area contributed by atoms with E-state index in [9.17, 15) is 5.11 Å². The van der Waals surface area contributed by atoms with Gasteiger partial charge < -0.3 is 15.3 Å². The summed E-state index contributed by atoms with van der Waals surface area (Å²) in [5, 5.41) is 17.8. The zero-order chi connectivity index (χ0) is 20.2. The number of likely N-dealkylation sites (N-methyl/N-ethyl adjacent to an activating group) is 1. The predicted octanol–water partition coefficient (Wildman–Crippen LogP) is 2.32. The number of nitrogens with zero attached hydrogens (tertiary/aromatic N) is 5. The Balaban J connectivity index is 1.57. The lowest BCUT2D eigenvalue weighted by Crippen LogP contribution is -2.45. The maximum absolute atomic E-state index is 9.92. The van der Waals surface area contributed by atoms with E-state index in [-0.39, 0.29) is 12.6 Å². The predicted molar refractivity (Wildman–Crippen MR) is 115 cm³/mol. The van der Waals surface area contributed by atoms with E-state index >= 15 is 0 Å². The summed E-state index contributed by atoms with van der Waals surface area (Å²) >= 11 is 0. The van der Waals surface area contributed by atoms with Gasteiger partial charge in [-0.1, -0.05) is 37.3 Å². The highest BCUT2D eigenvalue weighted by Crippen LogP contribution is 2.27. The molecule has 29 heavy (non-hydrogen) atoms. The summed E-state index contributed by atoms with van der Waals surface area (Å²) in [7, 11) is 0. The number of rotatable bonds is 7. The van der Waals surface area contributed by atoms with Gasteiger partial charge in [0, 0.05) is 38.9 Å². The summed E-state index contributed by atoms with van der Waals surface area (Å²) in [5.41, 5.74) is 4.48. The third-order valence-electron chi connectivity index (χ3n) is 5.93. The van der Waals surface area contributed by atoms with Gasteiger partial charge in [-0.15, -0.1) is 0 Å². The minimum atomic E-state index is -0.213. The molecule has 0 bridgehead atoms. The van der Waals surface area contributed by atoms with Crippen molar-refractivity contribution < 1.29 is 5.11 Å². The van der Waals surface area contributed by atoms with Crippen LogP contribution < -0.4 is 5.32 Å². The van der Waals surface area contributed by atoms with Crippen LogP contribution in [0.15, 0.2) is 42.9 Å². The Labute approximate surface area is 172 Å². The second-order valence-corrected chi connectivity index (χ2v) is 7.68. The fraction of sp³-hybridized carbons (Fsp3) is 0.455. The fourth-order valence-electron chi connectivity index (χ4n) is 4.06. The van der Waals surface area contributed by atoms with Gasteiger partial charge in [0.1, 0.15) is 11.8 Å². The first-order valence-corrected chi connectivity index (χ1v) is 10.4. The molecule has 1 aliphatic heterocycles. The van der Waals surface area contributed by atoms with Crippen molar-refractivity contribution in [1.82, 2.24) is 24.4 Å². The van der Waals surface area contributed by atoms with Crippen molar-refractivity contribution in [2.24, 2.45) is 0 Å². The van der Waals surface area contributed by atoms with Gasteiger partial charge in [0.2, 0.25) is 0 Å². The molecule has 7 nitrogen and oxygen atoms in total. The minimum absolute atomic E-state index is 0.00546. The maximum atomic E-state index is 9.92. The monoisotopic (exact) mass is 394 g/mol. The summed E-state index contributed by atoms with van der Waals surface area (Å²) in [4.78, 5) is 9.49. The molecule has 3 aromatic rings. The molecule has 1 fully saturated rings. The quantitative estimate of drug-likeness (QED) is 0.641. The number of anilines is 1. The number of benzene rings is 1. The molecule has 1 atom stereocenters. The molecule has 0 aliphatic carbocycles. The molecule has 2 N–H and O–H groups in total. The molecular formula is C22H30N6O. The third-order valence-corrected chi connectivity index (χ3v) is 5.93. The first kappa shape index (κ1) is 19.8. The number of hydrogen-bond acceptors (Lipinski definition) is 6. The molecule has 0 amide bonds. The molecule has 4 rings (SSSR count). The molecule has 7 heteroatoms. The molecule has 2 aromatic heterocycles. The van der Waals surface area contributed by atoms with Gasteiger partial charge in [-0.05, 0) is 30.2 Å². The zero-order valence-electron chi connectivity index (χ0n) is 17.3. The van der Waals surface area contributed by atoms with Crippen LogP contribution in [0.4, 0.5) is 5.82 Å². The van der Waals surface area contributed by atoms with Gasteiger partial charge in [-0.3, -0.25) is 4.90 Å². The zero-order valence-corrected chi connectivity index (χ0v) is 17.3. The van der Waals surface area contributed by atoms with Gasteiger partial charge in [-0.2, -0.15) is 5.10 Å². The van der Waals surface area contributed by atoms with Gasteiger partial charge in [-0.25, -0.2) is 9.50 Å². The molecule has 0 radical (unpaired) electrons. The minimum Gasteiger partial charge on any atom is -0.394 e. The molecular weight excluding hydrogens is 364 g/mol. The number of aromatic nitrogens is 3. The number of aliphatic hydroxyl groups is 1. The Hall–Kier alpha value is -2.48. The van der Waals surface area contributed by atoms with Crippen molar-refractivity contribution in [3.63, 3.8) is 0 Å². The lowest BCUT2D eigenvalue weighted by atomic mass is 10.1. The number of aryl methyl sites for hydroxylation is 1. The normalized spacial score (nSPS) is 16.9. The summed E-state index contributed by atoms with van der Waals surface area (Å²) in [6, 6.07) is 9.75. The summed E-state index contributed by atoms with van der Waals surface area (Å²) in [6.45, 7) is 10.9. The van der Waals surface area contributed by atoms with Crippen molar-refractivity contribution >= 4 is 11.3 Å². The lowest BCUT2D eigenvalue weighted by molar-refractivity contribution is 0.132. The van der Waals surface area contributed by atoms with E-state index < -0.39 is 0 Å². The van der Waals surface area contributed by atoms with Gasteiger partial charge >= 0.3 is 0 Å². The number of nitrogens with one attached hydrogen (secondary N) is 1. The highest BCUT2D eigenvalue weighted by molar-refractivity contribution is 5.73. The second-order valence-electron chi connectivity index (χ2n) is 7.68. The molecule has 1 aromatic carbocycles. The first-order chi connectivity index (χ1) is 14.2. The van der Waals surface area contributed by atoms with Crippen LogP contribution in [0.25, 0.3) is 5.52 Å². The van der Waals surface area contributed by atoms with Crippen molar-refractivity contribution in [1.29, 1.82) is 0 Å². The van der Waals surface area contributed by atoms with Crippen LogP contribution in [0.3, 0.4) is 0 Å². The van der Waals surface area contributed by atoms with Crippen molar-refractivity contribution in [3.05, 3.63) is 59.5 Å². The SMILES string of the molecule is CCN1CCN(Cc2cn3ncnc(N[C@H](CO)c4ccccc4)c3c2C)CC1. The van der Waals surface area contributed by atoms with Crippen LogP contribution in [0.1, 0.15) is 29.7 Å². The molecule has 0 saturated carbocycles. The van der Waals surface area contributed by atoms with Crippen LogP contribution in [0, 0.1) is 6.92 Å². The van der Waals surface area contributed by atoms with Crippen LogP contribution >= 0.6 is 0 Å². The number of fused-ring (bicyclic) bond motifs is 1. The maximum Gasteiger partial charge on any atom is 0.154 e. The Kier molecular flexibility index (Phi) is 6.08. The highest BCUT2D eigenvalue weighted by Gasteiger charge is 2.20. The van der Waals surface area contributed by atoms with Crippen molar-refractivity contribution in [2.75, 3.05) is 44.6 Å². The second kappa shape index (κ2) is 8.90. The van der Waals surface area contributed by atoms with Crippen LogP contribution in [-0.2, 0) is 6.54 Å². The molecule has 1 saturated heterocycles. The van der Waals surface area contributed by atoms with E-state index in [1.54, 1.807) is 6.33 Å². The lowest BCUT2D eigenvalue weighted by Gasteiger charge is -2.33. The van der Waals surface area contributed by atoms with Crippen molar-refractivity contribution in [2.45, 2.75) is 26.4 Å². The molecule has 1 aliphatic rings. The Morgan fingerprint density at radius 1 is 1.10 bits per heavy atom. The van der Waals surface area contributed by atoms with E-state index in [2.05, 4.69) is 45.2 Å². The number of aliphatic hydroxyl groups excluding tert-OH is 1. The van der Waals surface area contributed by atoms with Gasteiger partial charge in [0.05, 0.1) is 12.6 Å². The molecule has 0 spiro atoms. The number of hydrogen-bond donors (Lipinski definition) is 2. The molecule has 3 heterocycles. The Bertz CT molecular complexity index is 933. The van der Waals surface area contributed by atoms with Crippen LogP contribution in [0.2, 0.25) is 0 Å². The summed E-state index contributed by atoms with van der Waals surface area (Å²) in [6.07, 6.45) is 3.68. The van der Waals surface area contributed by atoms with E-state index in [0.717, 1.165) is 56.2 Å². The van der Waals surface area contributed by atoms with E-state index in [1.807, 2.05) is 34.8 Å². The van der Waals surface area contributed by atoms with Crippen LogP contribution in [0.5, 0.6) is 0 Å². The topological polar surface area (TPSA) is 68.9 Å². The first-order valence-electron chi connectivity index (χ1n) is 10.4. The van der Waals surface area contributed by atoms with E-state index in [4.69, 9.17) is 0 Å². The fourth-order valence-corrected chi connectivity index (χ4v) is 4.06.